The van der Waals surface area contributed by atoms with E-state index in [1.807, 2.05) is 0 Å². The highest BCUT2D eigenvalue weighted by Crippen LogP contribution is 2.40. The van der Waals surface area contributed by atoms with Crippen LogP contribution in [0.1, 0.15) is 19.3 Å². The van der Waals surface area contributed by atoms with Gasteiger partial charge in [0.25, 0.3) is 10.2 Å². The molecule has 2 aromatic rings. The summed E-state index contributed by atoms with van der Waals surface area (Å²) < 4.78 is 34.7. The van der Waals surface area contributed by atoms with Gasteiger partial charge in [0.2, 0.25) is 0 Å². The molecule has 0 bridgehead atoms. The molecular weight excluding hydrogens is 346 g/mol. The van der Waals surface area contributed by atoms with E-state index in [1.54, 1.807) is 26.5 Å². The molecule has 0 amide bonds. The standard InChI is InChI=1S/C15H23N5O4S/c1-23-13-8-12-11(9-17-10-19-12)14(15(13)24-2)18-6-4-3-5-7-20-25(16,21)22/h8-10,18,20H,3-7H2,1-2H3,(H2,16,21,22). The second kappa shape index (κ2) is 8.79. The van der Waals surface area contributed by atoms with Crippen LogP contribution in [0.25, 0.3) is 10.9 Å². The molecule has 0 aliphatic carbocycles. The molecule has 9 nitrogen and oxygen atoms in total. The molecule has 2 rings (SSSR count). The van der Waals surface area contributed by atoms with Gasteiger partial charge in [0, 0.05) is 30.7 Å². The summed E-state index contributed by atoms with van der Waals surface area (Å²) in [6.45, 7) is 1.01. The fourth-order valence-corrected chi connectivity index (χ4v) is 2.90. The summed E-state index contributed by atoms with van der Waals surface area (Å²) in [5.74, 6) is 1.19. The number of fused-ring (bicyclic) bond motifs is 1. The number of anilines is 1. The van der Waals surface area contributed by atoms with Gasteiger partial charge in [-0.1, -0.05) is 6.42 Å². The Morgan fingerprint density at radius 3 is 2.60 bits per heavy atom. The van der Waals surface area contributed by atoms with Gasteiger partial charge < -0.3 is 14.8 Å². The number of methoxy groups -OCH3 is 2. The molecule has 0 saturated heterocycles. The van der Waals surface area contributed by atoms with Gasteiger partial charge >= 0.3 is 0 Å². The molecule has 0 aliphatic rings. The number of nitrogens with zero attached hydrogens (tertiary/aromatic N) is 2. The van der Waals surface area contributed by atoms with Gasteiger partial charge in [-0.3, -0.25) is 0 Å². The van der Waals surface area contributed by atoms with Crippen molar-refractivity contribution in [2.24, 2.45) is 5.14 Å². The summed E-state index contributed by atoms with van der Waals surface area (Å²) in [6.07, 6.45) is 5.61. The molecule has 1 heterocycles. The Morgan fingerprint density at radius 1 is 1.16 bits per heavy atom. The molecule has 0 fully saturated rings. The summed E-state index contributed by atoms with van der Waals surface area (Å²) in [7, 11) is -0.453. The Hall–Kier alpha value is -2.17. The van der Waals surface area contributed by atoms with E-state index in [2.05, 4.69) is 20.0 Å². The summed E-state index contributed by atoms with van der Waals surface area (Å²) >= 11 is 0. The van der Waals surface area contributed by atoms with Crippen molar-refractivity contribution >= 4 is 26.8 Å². The average molecular weight is 369 g/mol. The number of hydrogen-bond donors (Lipinski definition) is 3. The Kier molecular flexibility index (Phi) is 6.73. The van der Waals surface area contributed by atoms with Crippen molar-refractivity contribution in [2.45, 2.75) is 19.3 Å². The van der Waals surface area contributed by atoms with Crippen molar-refractivity contribution in [1.29, 1.82) is 0 Å². The first-order chi connectivity index (χ1) is 12.0. The van der Waals surface area contributed by atoms with Crippen LogP contribution in [0.15, 0.2) is 18.6 Å². The molecule has 0 saturated carbocycles. The fourth-order valence-electron chi connectivity index (χ4n) is 2.47. The van der Waals surface area contributed by atoms with E-state index in [0.717, 1.165) is 29.4 Å². The second-order valence-electron chi connectivity index (χ2n) is 5.37. The summed E-state index contributed by atoms with van der Waals surface area (Å²) in [6, 6.07) is 1.81. The number of aromatic nitrogens is 2. The van der Waals surface area contributed by atoms with Crippen LogP contribution in [0.5, 0.6) is 11.5 Å². The third-order valence-corrected chi connectivity index (χ3v) is 4.22. The second-order valence-corrected chi connectivity index (χ2v) is 6.75. The highest BCUT2D eigenvalue weighted by molar-refractivity contribution is 7.87. The number of nitrogens with two attached hydrogens (primary N) is 1. The minimum Gasteiger partial charge on any atom is -0.493 e. The third kappa shape index (κ3) is 5.41. The largest absolute Gasteiger partial charge is 0.493 e. The number of hydrogen-bond acceptors (Lipinski definition) is 7. The Balaban J connectivity index is 2.00. The molecule has 0 aliphatic heterocycles. The van der Waals surface area contributed by atoms with E-state index in [0.29, 0.717) is 31.0 Å². The van der Waals surface area contributed by atoms with E-state index >= 15 is 0 Å². The quantitative estimate of drug-likeness (QED) is 0.533. The van der Waals surface area contributed by atoms with Gasteiger partial charge in [0.15, 0.2) is 11.5 Å². The predicted octanol–water partition coefficient (Wildman–Crippen LogP) is 1.02. The molecule has 4 N–H and O–H groups in total. The van der Waals surface area contributed by atoms with Crippen LogP contribution in [0.2, 0.25) is 0 Å². The van der Waals surface area contributed by atoms with Gasteiger partial charge in [-0.05, 0) is 12.8 Å². The zero-order valence-electron chi connectivity index (χ0n) is 14.3. The lowest BCUT2D eigenvalue weighted by molar-refractivity contribution is 0.357. The smallest absolute Gasteiger partial charge is 0.274 e. The Bertz CT molecular complexity index is 813. The van der Waals surface area contributed by atoms with Gasteiger partial charge in [-0.25, -0.2) is 19.8 Å². The Labute approximate surface area is 147 Å². The van der Waals surface area contributed by atoms with Gasteiger partial charge in [-0.15, -0.1) is 0 Å². The number of benzene rings is 1. The summed E-state index contributed by atoms with van der Waals surface area (Å²) in [4.78, 5) is 8.33. The minimum atomic E-state index is -3.61. The van der Waals surface area contributed by atoms with Crippen LogP contribution < -0.4 is 24.7 Å². The van der Waals surface area contributed by atoms with Crippen molar-refractivity contribution in [3.8, 4) is 11.5 Å². The third-order valence-electron chi connectivity index (χ3n) is 3.61. The van der Waals surface area contributed by atoms with Crippen molar-refractivity contribution < 1.29 is 17.9 Å². The molecular formula is C15H23N5O4S. The average Bonchev–Trinajstić information content (AvgIpc) is 2.59. The highest BCUT2D eigenvalue weighted by Gasteiger charge is 2.15. The lowest BCUT2D eigenvalue weighted by atomic mass is 10.1. The van der Waals surface area contributed by atoms with Crippen molar-refractivity contribution in [1.82, 2.24) is 14.7 Å². The van der Waals surface area contributed by atoms with Crippen LogP contribution >= 0.6 is 0 Å². The lowest BCUT2D eigenvalue weighted by Gasteiger charge is -2.16. The molecule has 25 heavy (non-hydrogen) atoms. The van der Waals surface area contributed by atoms with Crippen LogP contribution in [0.4, 0.5) is 5.69 Å². The van der Waals surface area contributed by atoms with Crippen LogP contribution in [0, 0.1) is 0 Å². The monoisotopic (exact) mass is 369 g/mol. The molecule has 1 aromatic carbocycles. The normalized spacial score (nSPS) is 11.5. The summed E-state index contributed by atoms with van der Waals surface area (Å²) in [5.41, 5.74) is 1.53. The van der Waals surface area contributed by atoms with Gasteiger partial charge in [0.1, 0.15) is 6.33 Å². The van der Waals surface area contributed by atoms with E-state index in [1.165, 1.54) is 6.33 Å². The molecule has 0 spiro atoms. The van der Waals surface area contributed by atoms with E-state index in [9.17, 15) is 8.42 Å². The van der Waals surface area contributed by atoms with Crippen LogP contribution in [-0.2, 0) is 10.2 Å². The van der Waals surface area contributed by atoms with E-state index in [4.69, 9.17) is 14.6 Å². The van der Waals surface area contributed by atoms with Crippen molar-refractivity contribution in [2.75, 3.05) is 32.6 Å². The maximum absolute atomic E-state index is 10.8. The first-order valence-corrected chi connectivity index (χ1v) is 9.37. The van der Waals surface area contributed by atoms with Crippen LogP contribution in [0.3, 0.4) is 0 Å². The van der Waals surface area contributed by atoms with Crippen molar-refractivity contribution in [3.63, 3.8) is 0 Å². The number of unbranched alkanes of at least 4 members (excludes halogenated alkanes) is 2. The number of ether oxygens (including phenoxy) is 2. The number of rotatable bonds is 10. The zero-order valence-corrected chi connectivity index (χ0v) is 15.1. The fraction of sp³-hybridized carbons (Fsp3) is 0.467. The zero-order chi connectivity index (χ0) is 18.3. The molecule has 0 radical (unpaired) electrons. The molecule has 10 heteroatoms. The maximum Gasteiger partial charge on any atom is 0.274 e. The molecule has 0 atom stereocenters. The summed E-state index contributed by atoms with van der Waals surface area (Å²) in [5, 5.41) is 9.06. The lowest BCUT2D eigenvalue weighted by Crippen LogP contribution is -2.31. The predicted molar refractivity (Wildman–Crippen MR) is 96.1 cm³/mol. The molecule has 138 valence electrons. The van der Waals surface area contributed by atoms with E-state index in [-0.39, 0.29) is 0 Å². The number of nitrogens with one attached hydrogen (secondary N) is 2. The van der Waals surface area contributed by atoms with Crippen molar-refractivity contribution in [3.05, 3.63) is 18.6 Å². The highest BCUT2D eigenvalue weighted by atomic mass is 32.2. The first kappa shape index (κ1) is 19.2. The van der Waals surface area contributed by atoms with Gasteiger partial charge in [0.05, 0.1) is 25.4 Å². The molecule has 0 unspecified atom stereocenters. The van der Waals surface area contributed by atoms with Gasteiger partial charge in [-0.2, -0.15) is 8.42 Å². The maximum atomic E-state index is 10.8. The molecule has 1 aromatic heterocycles. The first-order valence-electron chi connectivity index (χ1n) is 7.82. The minimum absolute atomic E-state index is 0.331. The van der Waals surface area contributed by atoms with Crippen LogP contribution in [-0.4, -0.2) is 45.7 Å². The Morgan fingerprint density at radius 2 is 1.92 bits per heavy atom. The van der Waals surface area contributed by atoms with E-state index < -0.39 is 10.2 Å². The topological polar surface area (TPSA) is 128 Å². The SMILES string of the molecule is COc1cc2ncncc2c(NCCCCCNS(N)(=O)=O)c1OC.